The molecular formula is C14H8BrF3N2O. The van der Waals surface area contributed by atoms with Crippen LogP contribution in [-0.4, -0.2) is 0 Å². The van der Waals surface area contributed by atoms with Crippen LogP contribution < -0.4 is 10.5 Å². The average Bonchev–Trinajstić information content (AvgIpc) is 2.40. The van der Waals surface area contributed by atoms with Crippen LogP contribution >= 0.6 is 15.9 Å². The Kier molecular flexibility index (Phi) is 4.09. The number of nitrogens with two attached hydrogens (primary N) is 1. The number of halogens is 4. The lowest BCUT2D eigenvalue weighted by Gasteiger charge is -2.12. The van der Waals surface area contributed by atoms with E-state index in [1.165, 1.54) is 6.07 Å². The number of ether oxygens (including phenoxy) is 1. The molecule has 0 atom stereocenters. The number of nitriles is 1. The lowest BCUT2D eigenvalue weighted by Crippen LogP contribution is -2.07. The second-order valence-corrected chi connectivity index (χ2v) is 5.02. The summed E-state index contributed by atoms with van der Waals surface area (Å²) >= 11 is 3.23. The van der Waals surface area contributed by atoms with E-state index in [9.17, 15) is 13.2 Å². The minimum Gasteiger partial charge on any atom is -0.455 e. The van der Waals surface area contributed by atoms with E-state index in [4.69, 9.17) is 15.7 Å². The van der Waals surface area contributed by atoms with Gasteiger partial charge >= 0.3 is 6.18 Å². The summed E-state index contributed by atoms with van der Waals surface area (Å²) in [5.41, 5.74) is 4.56. The van der Waals surface area contributed by atoms with Gasteiger partial charge < -0.3 is 10.5 Å². The molecule has 0 spiro atoms. The maximum atomic E-state index is 12.7. The maximum Gasteiger partial charge on any atom is 0.417 e. The highest BCUT2D eigenvalue weighted by Gasteiger charge is 2.33. The zero-order valence-electron chi connectivity index (χ0n) is 10.4. The topological polar surface area (TPSA) is 59.0 Å². The van der Waals surface area contributed by atoms with Gasteiger partial charge in [-0.25, -0.2) is 0 Å². The number of alkyl halides is 3. The van der Waals surface area contributed by atoms with Crippen LogP contribution in [0, 0.1) is 11.3 Å². The van der Waals surface area contributed by atoms with Crippen molar-refractivity contribution in [2.24, 2.45) is 0 Å². The molecule has 2 aromatic carbocycles. The zero-order valence-corrected chi connectivity index (χ0v) is 12.0. The summed E-state index contributed by atoms with van der Waals surface area (Å²) in [6.07, 6.45) is -4.58. The number of benzene rings is 2. The summed E-state index contributed by atoms with van der Waals surface area (Å²) in [5.74, 6) is 0.399. The van der Waals surface area contributed by atoms with Gasteiger partial charge in [0.25, 0.3) is 0 Å². The molecule has 7 heteroatoms. The van der Waals surface area contributed by atoms with E-state index in [2.05, 4.69) is 15.9 Å². The van der Waals surface area contributed by atoms with Crippen molar-refractivity contribution >= 4 is 21.6 Å². The monoisotopic (exact) mass is 356 g/mol. The normalized spacial score (nSPS) is 11.0. The fourth-order valence-corrected chi connectivity index (χ4v) is 2.04. The Labute approximate surface area is 126 Å². The minimum atomic E-state index is -4.58. The van der Waals surface area contributed by atoms with E-state index in [1.807, 2.05) is 0 Å². The first-order valence-corrected chi connectivity index (χ1v) is 6.45. The van der Waals surface area contributed by atoms with Crippen LogP contribution in [0.25, 0.3) is 0 Å². The highest BCUT2D eigenvalue weighted by Crippen LogP contribution is 2.35. The minimum absolute atomic E-state index is 0.105. The molecule has 0 heterocycles. The molecule has 0 aromatic heterocycles. The summed E-state index contributed by atoms with van der Waals surface area (Å²) in [7, 11) is 0. The van der Waals surface area contributed by atoms with Crippen molar-refractivity contribution in [3.05, 3.63) is 52.0 Å². The molecule has 0 fully saturated rings. The highest BCUT2D eigenvalue weighted by molar-refractivity contribution is 9.10. The summed E-state index contributed by atoms with van der Waals surface area (Å²) < 4.78 is 44.2. The maximum absolute atomic E-state index is 12.7. The summed E-state index contributed by atoms with van der Waals surface area (Å²) in [5, 5.41) is 8.83. The number of hydrogen-bond donors (Lipinski definition) is 1. The SMILES string of the molecule is N#Cc1cc(Oc2ccc(Br)cc2N)ccc1C(F)(F)F. The van der Waals surface area contributed by atoms with Gasteiger partial charge in [0.05, 0.1) is 22.9 Å². The summed E-state index contributed by atoms with van der Waals surface area (Å²) in [4.78, 5) is 0. The van der Waals surface area contributed by atoms with Crippen LogP contribution in [0.5, 0.6) is 11.5 Å². The van der Waals surface area contributed by atoms with Crippen LogP contribution in [0.1, 0.15) is 11.1 Å². The van der Waals surface area contributed by atoms with Crippen LogP contribution in [0.3, 0.4) is 0 Å². The fourth-order valence-electron chi connectivity index (χ4n) is 1.67. The molecule has 0 radical (unpaired) electrons. The predicted octanol–water partition coefficient (Wildman–Crippen LogP) is 4.71. The predicted molar refractivity (Wildman–Crippen MR) is 74.8 cm³/mol. The smallest absolute Gasteiger partial charge is 0.417 e. The van der Waals surface area contributed by atoms with Gasteiger partial charge in [0.15, 0.2) is 0 Å². The molecule has 2 aromatic rings. The van der Waals surface area contributed by atoms with E-state index in [0.717, 1.165) is 22.7 Å². The number of hydrogen-bond acceptors (Lipinski definition) is 3. The van der Waals surface area contributed by atoms with Gasteiger partial charge in [-0.2, -0.15) is 18.4 Å². The third-order valence-corrected chi connectivity index (χ3v) is 3.11. The molecular weight excluding hydrogens is 349 g/mol. The van der Waals surface area contributed by atoms with Gasteiger partial charge in [-0.1, -0.05) is 15.9 Å². The first-order chi connectivity index (χ1) is 9.81. The Morgan fingerprint density at radius 1 is 1.14 bits per heavy atom. The highest BCUT2D eigenvalue weighted by atomic mass is 79.9. The molecule has 0 amide bonds. The summed E-state index contributed by atoms with van der Waals surface area (Å²) in [6.45, 7) is 0. The van der Waals surface area contributed by atoms with E-state index in [-0.39, 0.29) is 5.75 Å². The van der Waals surface area contributed by atoms with Crippen LogP contribution in [0.4, 0.5) is 18.9 Å². The number of nitrogens with zero attached hydrogens (tertiary/aromatic N) is 1. The molecule has 0 saturated heterocycles. The van der Waals surface area contributed by atoms with Gasteiger partial charge in [-0.05, 0) is 36.4 Å². The third-order valence-electron chi connectivity index (χ3n) is 2.62. The fraction of sp³-hybridized carbons (Fsp3) is 0.0714. The average molecular weight is 357 g/mol. The van der Waals surface area contributed by atoms with Crippen molar-refractivity contribution in [3.63, 3.8) is 0 Å². The Bertz CT molecular complexity index is 723. The molecule has 0 saturated carbocycles. The van der Waals surface area contributed by atoms with Crippen molar-refractivity contribution in [2.45, 2.75) is 6.18 Å². The number of anilines is 1. The molecule has 108 valence electrons. The van der Waals surface area contributed by atoms with Crippen LogP contribution in [0.2, 0.25) is 0 Å². The van der Waals surface area contributed by atoms with E-state index in [0.29, 0.717) is 11.4 Å². The first-order valence-electron chi connectivity index (χ1n) is 5.65. The lowest BCUT2D eigenvalue weighted by molar-refractivity contribution is -0.137. The molecule has 2 rings (SSSR count). The Morgan fingerprint density at radius 3 is 2.43 bits per heavy atom. The quantitative estimate of drug-likeness (QED) is 0.792. The number of rotatable bonds is 2. The summed E-state index contributed by atoms with van der Waals surface area (Å²) in [6, 6.07) is 9.35. The van der Waals surface area contributed by atoms with Gasteiger partial charge in [0.2, 0.25) is 0 Å². The van der Waals surface area contributed by atoms with Crippen molar-refractivity contribution < 1.29 is 17.9 Å². The largest absolute Gasteiger partial charge is 0.455 e. The Balaban J connectivity index is 2.36. The van der Waals surface area contributed by atoms with Crippen molar-refractivity contribution in [1.82, 2.24) is 0 Å². The molecule has 0 aliphatic rings. The Hall–Kier alpha value is -2.20. The van der Waals surface area contributed by atoms with E-state index in [1.54, 1.807) is 18.2 Å². The van der Waals surface area contributed by atoms with Crippen molar-refractivity contribution in [3.8, 4) is 17.6 Å². The second-order valence-electron chi connectivity index (χ2n) is 4.10. The lowest BCUT2D eigenvalue weighted by atomic mass is 10.1. The van der Waals surface area contributed by atoms with Gasteiger partial charge in [0, 0.05) is 4.47 Å². The van der Waals surface area contributed by atoms with Crippen LogP contribution in [-0.2, 0) is 6.18 Å². The third kappa shape index (κ3) is 3.47. The van der Waals surface area contributed by atoms with E-state index >= 15 is 0 Å². The van der Waals surface area contributed by atoms with Gasteiger partial charge in [-0.15, -0.1) is 0 Å². The molecule has 0 unspecified atom stereocenters. The van der Waals surface area contributed by atoms with Crippen LogP contribution in [0.15, 0.2) is 40.9 Å². The van der Waals surface area contributed by atoms with Crippen molar-refractivity contribution in [1.29, 1.82) is 5.26 Å². The van der Waals surface area contributed by atoms with Gasteiger partial charge in [-0.3, -0.25) is 0 Å². The molecule has 0 bridgehead atoms. The van der Waals surface area contributed by atoms with Crippen molar-refractivity contribution in [2.75, 3.05) is 5.73 Å². The molecule has 0 aliphatic heterocycles. The number of nitrogen functional groups attached to an aromatic ring is 1. The Morgan fingerprint density at radius 2 is 1.86 bits per heavy atom. The van der Waals surface area contributed by atoms with E-state index < -0.39 is 17.3 Å². The molecule has 21 heavy (non-hydrogen) atoms. The molecule has 3 nitrogen and oxygen atoms in total. The van der Waals surface area contributed by atoms with Gasteiger partial charge in [0.1, 0.15) is 11.5 Å². The first kappa shape index (κ1) is 15.2. The molecule has 0 aliphatic carbocycles. The molecule has 2 N–H and O–H groups in total. The zero-order chi connectivity index (χ0) is 15.6. The second kappa shape index (κ2) is 5.66. The standard InChI is InChI=1S/C14H8BrF3N2O/c15-9-1-4-13(12(20)6-9)21-10-2-3-11(14(16,17)18)8(5-10)7-19/h1-6H,20H2.